The van der Waals surface area contributed by atoms with E-state index in [9.17, 15) is 4.79 Å². The van der Waals surface area contributed by atoms with E-state index >= 15 is 0 Å². The highest BCUT2D eigenvalue weighted by Crippen LogP contribution is 2.22. The summed E-state index contributed by atoms with van der Waals surface area (Å²) in [5.41, 5.74) is 9.29. The van der Waals surface area contributed by atoms with E-state index in [0.717, 1.165) is 34.1 Å². The number of anilines is 1. The maximum atomic E-state index is 12.3. The molecule has 0 fully saturated rings. The second-order valence-electron chi connectivity index (χ2n) is 4.84. The molecule has 2 aromatic carbocycles. The Morgan fingerprint density at radius 3 is 2.52 bits per heavy atom. The first-order valence-corrected chi connectivity index (χ1v) is 7.82. The molecule has 3 N–H and O–H groups in total. The Hall–Kier alpha value is -1.65. The highest BCUT2D eigenvalue weighted by Gasteiger charge is 2.09. The summed E-state index contributed by atoms with van der Waals surface area (Å²) in [6.45, 7) is 2.68. The number of nitrogens with two attached hydrogens (primary N) is 1. The van der Waals surface area contributed by atoms with E-state index in [4.69, 9.17) is 5.73 Å². The molecule has 0 saturated heterocycles. The number of halogens is 1. The molecule has 1 amide bonds. The van der Waals surface area contributed by atoms with Gasteiger partial charge in [-0.25, -0.2) is 0 Å². The molecule has 3 nitrogen and oxygen atoms in total. The Kier molecular flexibility index (Phi) is 5.53. The molecule has 0 aromatic heterocycles. The Bertz CT molecular complexity index is 623. The van der Waals surface area contributed by atoms with Crippen molar-refractivity contribution < 1.29 is 4.79 Å². The van der Waals surface area contributed by atoms with Crippen LogP contribution in [0.2, 0.25) is 0 Å². The Labute approximate surface area is 133 Å². The molecule has 0 radical (unpaired) electrons. The number of hydrogen-bond acceptors (Lipinski definition) is 2. The molecular formula is C17H19BrN2O. The van der Waals surface area contributed by atoms with E-state index in [0.29, 0.717) is 12.1 Å². The maximum Gasteiger partial charge on any atom is 0.255 e. The van der Waals surface area contributed by atoms with Gasteiger partial charge < -0.3 is 11.1 Å². The maximum absolute atomic E-state index is 12.3. The van der Waals surface area contributed by atoms with Crippen LogP contribution in [0.25, 0.3) is 0 Å². The van der Waals surface area contributed by atoms with Gasteiger partial charge in [-0.05, 0) is 60.8 Å². The van der Waals surface area contributed by atoms with Gasteiger partial charge in [0.2, 0.25) is 0 Å². The number of hydrogen-bond donors (Lipinski definition) is 2. The summed E-state index contributed by atoms with van der Waals surface area (Å²) in [6.07, 6.45) is 1.69. The fourth-order valence-electron chi connectivity index (χ4n) is 2.16. The SMILES string of the molecule is CCc1cc(Br)ccc1NC(=O)c1ccc(CCN)cc1. The van der Waals surface area contributed by atoms with Crippen molar-refractivity contribution in [2.24, 2.45) is 5.73 Å². The van der Waals surface area contributed by atoms with Crippen molar-refractivity contribution in [3.05, 3.63) is 63.6 Å². The lowest BCUT2D eigenvalue weighted by Crippen LogP contribution is -2.13. The van der Waals surface area contributed by atoms with Crippen molar-refractivity contribution in [3.63, 3.8) is 0 Å². The first-order valence-electron chi connectivity index (χ1n) is 7.02. The van der Waals surface area contributed by atoms with E-state index in [1.807, 2.05) is 42.5 Å². The second kappa shape index (κ2) is 7.38. The topological polar surface area (TPSA) is 55.1 Å². The number of rotatable bonds is 5. The zero-order chi connectivity index (χ0) is 15.2. The fourth-order valence-corrected chi connectivity index (χ4v) is 2.57. The molecule has 2 aromatic rings. The van der Waals surface area contributed by atoms with Crippen LogP contribution in [-0.2, 0) is 12.8 Å². The molecule has 0 aliphatic heterocycles. The van der Waals surface area contributed by atoms with Gasteiger partial charge in [0.15, 0.2) is 0 Å². The lowest BCUT2D eigenvalue weighted by Gasteiger charge is -2.11. The average Bonchev–Trinajstić information content (AvgIpc) is 2.50. The lowest BCUT2D eigenvalue weighted by atomic mass is 10.1. The van der Waals surface area contributed by atoms with Crippen LogP contribution < -0.4 is 11.1 Å². The van der Waals surface area contributed by atoms with Crippen LogP contribution in [0, 0.1) is 0 Å². The van der Waals surface area contributed by atoms with Crippen molar-refractivity contribution in [3.8, 4) is 0 Å². The molecule has 0 unspecified atom stereocenters. The summed E-state index contributed by atoms with van der Waals surface area (Å²) in [5.74, 6) is -0.0914. The number of benzene rings is 2. The lowest BCUT2D eigenvalue weighted by molar-refractivity contribution is 0.102. The van der Waals surface area contributed by atoms with Gasteiger partial charge in [-0.3, -0.25) is 4.79 Å². The summed E-state index contributed by atoms with van der Waals surface area (Å²) in [6, 6.07) is 13.5. The van der Waals surface area contributed by atoms with E-state index in [1.54, 1.807) is 0 Å². The first-order chi connectivity index (χ1) is 10.1. The summed E-state index contributed by atoms with van der Waals surface area (Å²) in [7, 11) is 0. The normalized spacial score (nSPS) is 10.4. The summed E-state index contributed by atoms with van der Waals surface area (Å²) < 4.78 is 1.02. The molecule has 21 heavy (non-hydrogen) atoms. The van der Waals surface area contributed by atoms with Crippen LogP contribution in [0.4, 0.5) is 5.69 Å². The number of carbonyl (C=O) groups is 1. The average molecular weight is 347 g/mol. The van der Waals surface area contributed by atoms with E-state index in [2.05, 4.69) is 28.2 Å². The van der Waals surface area contributed by atoms with E-state index < -0.39 is 0 Å². The van der Waals surface area contributed by atoms with Crippen molar-refractivity contribution in [2.75, 3.05) is 11.9 Å². The molecule has 2 rings (SSSR count). The quantitative estimate of drug-likeness (QED) is 0.865. The van der Waals surface area contributed by atoms with Gasteiger partial charge in [-0.15, -0.1) is 0 Å². The van der Waals surface area contributed by atoms with Crippen LogP contribution in [0.15, 0.2) is 46.9 Å². The summed E-state index contributed by atoms with van der Waals surface area (Å²) in [5, 5.41) is 2.97. The fraction of sp³-hybridized carbons (Fsp3) is 0.235. The molecule has 110 valence electrons. The summed E-state index contributed by atoms with van der Waals surface area (Å²) in [4.78, 5) is 12.3. The molecule has 0 spiro atoms. The largest absolute Gasteiger partial charge is 0.330 e. The number of aryl methyl sites for hydroxylation is 1. The monoisotopic (exact) mass is 346 g/mol. The number of carbonyl (C=O) groups excluding carboxylic acids is 1. The predicted molar refractivity (Wildman–Crippen MR) is 90.7 cm³/mol. The number of nitrogens with one attached hydrogen (secondary N) is 1. The van der Waals surface area contributed by atoms with Gasteiger partial charge in [0.1, 0.15) is 0 Å². The second-order valence-corrected chi connectivity index (χ2v) is 5.76. The molecule has 0 aliphatic carbocycles. The Morgan fingerprint density at radius 2 is 1.90 bits per heavy atom. The number of amides is 1. The van der Waals surface area contributed by atoms with Crippen molar-refractivity contribution in [2.45, 2.75) is 19.8 Å². The van der Waals surface area contributed by atoms with Crippen molar-refractivity contribution >= 4 is 27.5 Å². The highest BCUT2D eigenvalue weighted by molar-refractivity contribution is 9.10. The third kappa shape index (κ3) is 4.16. The molecule has 0 saturated carbocycles. The first kappa shape index (κ1) is 15.7. The minimum Gasteiger partial charge on any atom is -0.330 e. The molecule has 0 aliphatic rings. The van der Waals surface area contributed by atoms with Crippen LogP contribution in [0.3, 0.4) is 0 Å². The van der Waals surface area contributed by atoms with Gasteiger partial charge in [0.25, 0.3) is 5.91 Å². The minimum absolute atomic E-state index is 0.0914. The van der Waals surface area contributed by atoms with Crippen molar-refractivity contribution in [1.82, 2.24) is 0 Å². The van der Waals surface area contributed by atoms with Gasteiger partial charge >= 0.3 is 0 Å². The predicted octanol–water partition coefficient (Wildman–Crippen LogP) is 3.77. The zero-order valence-corrected chi connectivity index (χ0v) is 13.6. The van der Waals surface area contributed by atoms with Crippen LogP contribution in [0.1, 0.15) is 28.4 Å². The Morgan fingerprint density at radius 1 is 1.19 bits per heavy atom. The molecule has 4 heteroatoms. The minimum atomic E-state index is -0.0914. The van der Waals surface area contributed by atoms with Crippen molar-refractivity contribution in [1.29, 1.82) is 0 Å². The molecular weight excluding hydrogens is 328 g/mol. The standard InChI is InChI=1S/C17H19BrN2O/c1-2-13-11-15(18)7-8-16(13)20-17(21)14-5-3-12(4-6-14)9-10-19/h3-8,11H,2,9-10,19H2,1H3,(H,20,21). The van der Waals surface area contributed by atoms with Crippen LogP contribution >= 0.6 is 15.9 Å². The third-order valence-corrected chi connectivity index (χ3v) is 3.84. The van der Waals surface area contributed by atoms with E-state index in [1.165, 1.54) is 0 Å². The smallest absolute Gasteiger partial charge is 0.255 e. The molecule has 0 heterocycles. The molecule has 0 bridgehead atoms. The third-order valence-electron chi connectivity index (χ3n) is 3.35. The van der Waals surface area contributed by atoms with Gasteiger partial charge in [-0.1, -0.05) is 35.0 Å². The van der Waals surface area contributed by atoms with Crippen LogP contribution in [-0.4, -0.2) is 12.5 Å². The van der Waals surface area contributed by atoms with Gasteiger partial charge in [0, 0.05) is 15.7 Å². The van der Waals surface area contributed by atoms with E-state index in [-0.39, 0.29) is 5.91 Å². The molecule has 0 atom stereocenters. The van der Waals surface area contributed by atoms with Crippen LogP contribution in [0.5, 0.6) is 0 Å². The summed E-state index contributed by atoms with van der Waals surface area (Å²) >= 11 is 3.45. The van der Waals surface area contributed by atoms with Gasteiger partial charge in [-0.2, -0.15) is 0 Å². The highest BCUT2D eigenvalue weighted by atomic mass is 79.9. The zero-order valence-electron chi connectivity index (χ0n) is 12.0. The van der Waals surface area contributed by atoms with Gasteiger partial charge in [0.05, 0.1) is 0 Å². The Balaban J connectivity index is 2.14.